The molecule has 1 aromatic rings. The second-order valence-electron chi connectivity index (χ2n) is 6.64. The summed E-state index contributed by atoms with van der Waals surface area (Å²) in [5, 5.41) is 5.49. The third kappa shape index (κ3) is 7.08. The summed E-state index contributed by atoms with van der Waals surface area (Å²) in [7, 11) is 0. The lowest BCUT2D eigenvalue weighted by atomic mass is 9.87. The van der Waals surface area contributed by atoms with Gasteiger partial charge in [0, 0.05) is 11.4 Å². The van der Waals surface area contributed by atoms with Crippen LogP contribution >= 0.6 is 11.8 Å². The molecule has 1 aromatic carbocycles. The molecule has 0 aliphatic heterocycles. The molecule has 0 unspecified atom stereocenters. The number of nitrogens with one attached hydrogen (secondary N) is 2. The molecule has 0 radical (unpaired) electrons. The molecule has 1 atom stereocenters. The van der Waals surface area contributed by atoms with Crippen molar-refractivity contribution in [2.75, 3.05) is 12.3 Å². The van der Waals surface area contributed by atoms with Crippen LogP contribution in [0.25, 0.3) is 0 Å². The van der Waals surface area contributed by atoms with E-state index in [1.165, 1.54) is 17.3 Å². The van der Waals surface area contributed by atoms with Gasteiger partial charge in [0.1, 0.15) is 6.04 Å². The van der Waals surface area contributed by atoms with Gasteiger partial charge in [-0.05, 0) is 36.5 Å². The van der Waals surface area contributed by atoms with Gasteiger partial charge in [-0.15, -0.1) is 11.8 Å². The molecule has 23 heavy (non-hydrogen) atoms. The van der Waals surface area contributed by atoms with Crippen LogP contribution in [0.2, 0.25) is 0 Å². The Bertz CT molecular complexity index is 521. The summed E-state index contributed by atoms with van der Waals surface area (Å²) in [6, 6.07) is 7.77. The minimum atomic E-state index is -0.502. The van der Waals surface area contributed by atoms with Gasteiger partial charge in [-0.2, -0.15) is 0 Å². The third-order valence-electron chi connectivity index (χ3n) is 3.41. The zero-order chi connectivity index (χ0) is 17.5. The second-order valence-corrected chi connectivity index (χ2v) is 7.69. The van der Waals surface area contributed by atoms with Gasteiger partial charge in [0.2, 0.25) is 11.8 Å². The van der Waals surface area contributed by atoms with Crippen LogP contribution in [-0.2, 0) is 15.0 Å². The van der Waals surface area contributed by atoms with Crippen molar-refractivity contribution in [1.82, 2.24) is 10.6 Å². The van der Waals surface area contributed by atoms with Crippen LogP contribution in [0, 0.1) is 0 Å². The Kier molecular flexibility index (Phi) is 7.62. The van der Waals surface area contributed by atoms with Crippen LogP contribution in [0.3, 0.4) is 0 Å². The molecular weight excluding hydrogens is 308 g/mol. The van der Waals surface area contributed by atoms with Crippen LogP contribution in [0.1, 0.15) is 46.6 Å². The van der Waals surface area contributed by atoms with Crippen molar-refractivity contribution >= 4 is 23.6 Å². The summed E-state index contributed by atoms with van der Waals surface area (Å²) in [6.07, 6.45) is 0.882. The van der Waals surface area contributed by atoms with Gasteiger partial charge in [-0.25, -0.2) is 0 Å². The van der Waals surface area contributed by atoms with Gasteiger partial charge in [0.25, 0.3) is 0 Å². The fourth-order valence-corrected chi connectivity index (χ4v) is 2.66. The number of carbonyl (C=O) groups excluding carboxylic acids is 2. The van der Waals surface area contributed by atoms with Gasteiger partial charge in [0.05, 0.1) is 5.75 Å². The molecule has 0 heterocycles. The molecule has 1 rings (SSSR count). The quantitative estimate of drug-likeness (QED) is 0.752. The number of rotatable bonds is 7. The predicted octanol–water partition coefficient (Wildman–Crippen LogP) is 3.11. The molecule has 128 valence electrons. The van der Waals surface area contributed by atoms with E-state index in [4.69, 9.17) is 0 Å². The normalized spacial score (nSPS) is 12.6. The fraction of sp³-hybridized carbons (Fsp3) is 0.556. The first kappa shape index (κ1) is 19.6. The molecule has 0 saturated heterocycles. The highest BCUT2D eigenvalue weighted by Crippen LogP contribution is 2.25. The molecule has 0 spiro atoms. The summed E-state index contributed by atoms with van der Waals surface area (Å²) in [5.41, 5.74) is 1.40. The molecular formula is C18H28N2O2S. The third-order valence-corrected chi connectivity index (χ3v) is 4.42. The Morgan fingerprint density at radius 3 is 2.30 bits per heavy atom. The Balaban J connectivity index is 2.42. The number of carbonyl (C=O) groups is 2. The average Bonchev–Trinajstić information content (AvgIpc) is 2.50. The van der Waals surface area contributed by atoms with Crippen molar-refractivity contribution in [3.05, 3.63) is 29.8 Å². The monoisotopic (exact) mass is 336 g/mol. The lowest BCUT2D eigenvalue weighted by Gasteiger charge is -2.19. The molecule has 0 saturated carbocycles. The van der Waals surface area contributed by atoms with Crippen LogP contribution in [0.15, 0.2) is 29.2 Å². The van der Waals surface area contributed by atoms with Crippen molar-refractivity contribution in [3.63, 3.8) is 0 Å². The number of hydrogen-bond acceptors (Lipinski definition) is 3. The first-order valence-electron chi connectivity index (χ1n) is 8.04. The van der Waals surface area contributed by atoms with E-state index in [0.717, 1.165) is 11.3 Å². The Hall–Kier alpha value is -1.49. The smallest absolute Gasteiger partial charge is 0.242 e. The van der Waals surface area contributed by atoms with Crippen molar-refractivity contribution < 1.29 is 9.59 Å². The summed E-state index contributed by atoms with van der Waals surface area (Å²) in [4.78, 5) is 24.7. The summed E-state index contributed by atoms with van der Waals surface area (Å²) in [5.74, 6) is 0.0362. The zero-order valence-corrected chi connectivity index (χ0v) is 15.5. The van der Waals surface area contributed by atoms with Crippen LogP contribution in [-0.4, -0.2) is 30.2 Å². The highest BCUT2D eigenvalue weighted by Gasteiger charge is 2.15. The summed E-state index contributed by atoms with van der Waals surface area (Å²) >= 11 is 1.48. The number of hydrogen-bond donors (Lipinski definition) is 2. The van der Waals surface area contributed by atoms with E-state index >= 15 is 0 Å². The van der Waals surface area contributed by atoms with Gasteiger partial charge in [0.15, 0.2) is 0 Å². The van der Waals surface area contributed by atoms with E-state index < -0.39 is 6.04 Å². The minimum absolute atomic E-state index is 0.127. The van der Waals surface area contributed by atoms with Crippen LogP contribution in [0.4, 0.5) is 0 Å². The van der Waals surface area contributed by atoms with Gasteiger partial charge < -0.3 is 10.6 Å². The Labute approximate surface area is 143 Å². The molecule has 5 heteroatoms. The topological polar surface area (TPSA) is 58.2 Å². The van der Waals surface area contributed by atoms with Crippen LogP contribution in [0.5, 0.6) is 0 Å². The molecule has 0 aliphatic carbocycles. The number of amides is 2. The van der Waals surface area contributed by atoms with Crippen molar-refractivity contribution in [1.29, 1.82) is 0 Å². The SMILES string of the molecule is CCCNC(=O)[C@H](C)NC(=O)CSc1ccc(C(C)(C)C)cc1. The fourth-order valence-electron chi connectivity index (χ4n) is 1.95. The van der Waals surface area contributed by atoms with Crippen molar-refractivity contribution in [2.45, 2.75) is 57.4 Å². The van der Waals surface area contributed by atoms with Gasteiger partial charge >= 0.3 is 0 Å². The first-order chi connectivity index (χ1) is 10.7. The standard InChI is InChI=1S/C18H28N2O2S/c1-6-11-19-17(22)13(2)20-16(21)12-23-15-9-7-14(8-10-15)18(3,4)5/h7-10,13H,6,11-12H2,1-5H3,(H,19,22)(H,20,21)/t13-/m0/s1. The first-order valence-corrected chi connectivity index (χ1v) is 9.03. The van der Waals surface area contributed by atoms with E-state index in [9.17, 15) is 9.59 Å². The zero-order valence-electron chi connectivity index (χ0n) is 14.7. The van der Waals surface area contributed by atoms with E-state index in [-0.39, 0.29) is 17.2 Å². The number of benzene rings is 1. The maximum atomic E-state index is 11.9. The van der Waals surface area contributed by atoms with Crippen LogP contribution < -0.4 is 10.6 Å². The van der Waals surface area contributed by atoms with Crippen molar-refractivity contribution in [3.8, 4) is 0 Å². The Morgan fingerprint density at radius 1 is 1.17 bits per heavy atom. The highest BCUT2D eigenvalue weighted by atomic mass is 32.2. The molecule has 2 amide bonds. The second kappa shape index (κ2) is 8.96. The van der Waals surface area contributed by atoms with Gasteiger partial charge in [-0.1, -0.05) is 39.8 Å². The molecule has 0 bridgehead atoms. The van der Waals surface area contributed by atoms with E-state index in [1.54, 1.807) is 6.92 Å². The minimum Gasteiger partial charge on any atom is -0.354 e. The predicted molar refractivity (Wildman–Crippen MR) is 96.8 cm³/mol. The lowest BCUT2D eigenvalue weighted by molar-refractivity contribution is -0.127. The average molecular weight is 337 g/mol. The summed E-state index contributed by atoms with van der Waals surface area (Å²) < 4.78 is 0. The maximum absolute atomic E-state index is 11.9. The Morgan fingerprint density at radius 2 is 1.78 bits per heavy atom. The van der Waals surface area contributed by atoms with E-state index in [2.05, 4.69) is 43.5 Å². The molecule has 0 aromatic heterocycles. The van der Waals surface area contributed by atoms with E-state index in [1.807, 2.05) is 19.1 Å². The lowest BCUT2D eigenvalue weighted by Crippen LogP contribution is -2.45. The largest absolute Gasteiger partial charge is 0.354 e. The van der Waals surface area contributed by atoms with E-state index in [0.29, 0.717) is 12.3 Å². The summed E-state index contributed by atoms with van der Waals surface area (Å²) in [6.45, 7) is 10.8. The molecule has 0 aliphatic rings. The molecule has 2 N–H and O–H groups in total. The molecule has 0 fully saturated rings. The molecule has 4 nitrogen and oxygen atoms in total. The van der Waals surface area contributed by atoms with Crippen molar-refractivity contribution in [2.24, 2.45) is 0 Å². The van der Waals surface area contributed by atoms with Gasteiger partial charge in [-0.3, -0.25) is 9.59 Å². The highest BCUT2D eigenvalue weighted by molar-refractivity contribution is 8.00. The number of thioether (sulfide) groups is 1. The maximum Gasteiger partial charge on any atom is 0.242 e.